The normalized spacial score (nSPS) is 25.4. The van der Waals surface area contributed by atoms with Crippen LogP contribution in [0.1, 0.15) is 31.2 Å². The first-order chi connectivity index (χ1) is 14.0. The van der Waals surface area contributed by atoms with Crippen LogP contribution < -0.4 is 0 Å². The lowest BCUT2D eigenvalue weighted by Gasteiger charge is -2.39. The van der Waals surface area contributed by atoms with E-state index in [9.17, 15) is 9.90 Å². The Bertz CT molecular complexity index is 701. The molecule has 2 aliphatic rings. The Morgan fingerprint density at radius 2 is 1.93 bits per heavy atom. The number of hydrogen-bond acceptors (Lipinski definition) is 5. The number of hydrogen-bond donors (Lipinski definition) is 1. The fraction of sp³-hybridized carbons (Fsp3) is 0.591. The molecule has 3 rings (SSSR count). The standard InChI is InChI=1S/C22H31ClN2O4/c1-3-28-22-18(5-4-14-26)19(16-6-8-17(23)9-7-16)15-20(29-22)21(27)25-12-10-24(2)11-13-25/h6-9,15,18-19,22,26H,3-5,10-14H2,1-2H3/t18-,19-,22-/m0/s1. The fourth-order valence-electron chi connectivity index (χ4n) is 3.99. The van der Waals surface area contributed by atoms with Crippen molar-refractivity contribution in [2.45, 2.75) is 32.0 Å². The molecule has 0 spiro atoms. The number of halogens is 1. The molecule has 2 aliphatic heterocycles. The molecule has 0 aromatic heterocycles. The van der Waals surface area contributed by atoms with Crippen LogP contribution in [0.3, 0.4) is 0 Å². The summed E-state index contributed by atoms with van der Waals surface area (Å²) < 4.78 is 12.0. The van der Waals surface area contributed by atoms with Crippen LogP contribution in [-0.2, 0) is 14.3 Å². The summed E-state index contributed by atoms with van der Waals surface area (Å²) >= 11 is 6.08. The van der Waals surface area contributed by atoms with Gasteiger partial charge in [-0.2, -0.15) is 0 Å². The lowest BCUT2D eigenvalue weighted by molar-refractivity contribution is -0.170. The number of amides is 1. The van der Waals surface area contributed by atoms with Gasteiger partial charge in [0, 0.05) is 56.3 Å². The molecule has 1 N–H and O–H groups in total. The Morgan fingerprint density at radius 1 is 1.24 bits per heavy atom. The lowest BCUT2D eigenvalue weighted by atomic mass is 9.80. The Morgan fingerprint density at radius 3 is 2.55 bits per heavy atom. The summed E-state index contributed by atoms with van der Waals surface area (Å²) in [6, 6.07) is 7.70. The number of aliphatic hydroxyl groups is 1. The maximum atomic E-state index is 13.2. The van der Waals surface area contributed by atoms with E-state index in [-0.39, 0.29) is 24.3 Å². The Hall–Kier alpha value is -1.60. The summed E-state index contributed by atoms with van der Waals surface area (Å²) in [5.41, 5.74) is 1.06. The molecule has 1 aromatic carbocycles. The number of allylic oxidation sites excluding steroid dienone is 1. The zero-order valence-electron chi connectivity index (χ0n) is 17.2. The van der Waals surface area contributed by atoms with Gasteiger partial charge in [0.15, 0.2) is 5.76 Å². The second kappa shape index (κ2) is 10.4. The largest absolute Gasteiger partial charge is 0.459 e. The Kier molecular flexibility index (Phi) is 7.95. The highest BCUT2D eigenvalue weighted by Crippen LogP contribution is 2.40. The van der Waals surface area contributed by atoms with Crippen molar-refractivity contribution in [1.82, 2.24) is 9.80 Å². The van der Waals surface area contributed by atoms with E-state index in [4.69, 9.17) is 21.1 Å². The summed E-state index contributed by atoms with van der Waals surface area (Å²) in [5, 5.41) is 10.0. The van der Waals surface area contributed by atoms with Gasteiger partial charge in [0.25, 0.3) is 5.91 Å². The Balaban J connectivity index is 1.90. The molecule has 0 saturated carbocycles. The van der Waals surface area contributed by atoms with E-state index in [0.717, 1.165) is 25.1 Å². The first-order valence-corrected chi connectivity index (χ1v) is 10.8. The SMILES string of the molecule is CCO[C@H]1OC(C(=O)N2CCN(C)CC2)=C[C@@H](c2ccc(Cl)cc2)[C@@H]1CCCO. The average molecular weight is 423 g/mol. The third-order valence-electron chi connectivity index (χ3n) is 5.67. The lowest BCUT2D eigenvalue weighted by Crippen LogP contribution is -2.49. The van der Waals surface area contributed by atoms with Gasteiger partial charge in [-0.25, -0.2) is 0 Å². The summed E-state index contributed by atoms with van der Waals surface area (Å²) in [7, 11) is 2.06. The monoisotopic (exact) mass is 422 g/mol. The molecule has 3 atom stereocenters. The van der Waals surface area contributed by atoms with E-state index in [1.165, 1.54) is 0 Å². The zero-order chi connectivity index (χ0) is 20.8. The molecule has 0 radical (unpaired) electrons. The molecule has 7 heteroatoms. The average Bonchev–Trinajstić information content (AvgIpc) is 2.73. The molecule has 0 aliphatic carbocycles. The molecule has 1 fully saturated rings. The minimum absolute atomic E-state index is 0.00677. The number of carbonyl (C=O) groups excluding carboxylic acids is 1. The van der Waals surface area contributed by atoms with Crippen LogP contribution in [0.25, 0.3) is 0 Å². The van der Waals surface area contributed by atoms with Gasteiger partial charge in [-0.15, -0.1) is 0 Å². The molecule has 2 heterocycles. The van der Waals surface area contributed by atoms with Gasteiger partial charge in [-0.3, -0.25) is 4.79 Å². The van der Waals surface area contributed by atoms with Crippen LogP contribution in [0.15, 0.2) is 36.1 Å². The van der Waals surface area contributed by atoms with E-state index in [2.05, 4.69) is 11.9 Å². The molecule has 0 bridgehead atoms. The van der Waals surface area contributed by atoms with Gasteiger partial charge in [-0.05, 0) is 50.6 Å². The molecule has 1 aromatic rings. The fourth-order valence-corrected chi connectivity index (χ4v) is 4.11. The number of likely N-dealkylation sites (N-methyl/N-ethyl adjacent to an activating group) is 1. The van der Waals surface area contributed by atoms with E-state index < -0.39 is 6.29 Å². The third-order valence-corrected chi connectivity index (χ3v) is 5.92. The third kappa shape index (κ3) is 5.51. The summed E-state index contributed by atoms with van der Waals surface area (Å²) in [6.07, 6.45) is 2.79. The summed E-state index contributed by atoms with van der Waals surface area (Å²) in [4.78, 5) is 17.2. The first-order valence-electron chi connectivity index (χ1n) is 10.4. The van der Waals surface area contributed by atoms with Crippen molar-refractivity contribution in [3.63, 3.8) is 0 Å². The van der Waals surface area contributed by atoms with Crippen molar-refractivity contribution in [2.24, 2.45) is 5.92 Å². The highest BCUT2D eigenvalue weighted by Gasteiger charge is 2.39. The minimum Gasteiger partial charge on any atom is -0.459 e. The van der Waals surface area contributed by atoms with Crippen LogP contribution >= 0.6 is 11.6 Å². The maximum Gasteiger partial charge on any atom is 0.288 e. The number of rotatable bonds is 7. The van der Waals surface area contributed by atoms with Gasteiger partial charge in [0.2, 0.25) is 6.29 Å². The topological polar surface area (TPSA) is 62.2 Å². The maximum absolute atomic E-state index is 13.2. The van der Waals surface area contributed by atoms with Gasteiger partial charge < -0.3 is 24.4 Å². The number of ether oxygens (including phenoxy) is 2. The molecule has 1 saturated heterocycles. The molecule has 0 unspecified atom stereocenters. The minimum atomic E-state index is -0.524. The number of aliphatic hydroxyl groups excluding tert-OH is 1. The van der Waals surface area contributed by atoms with Crippen LogP contribution in [0.5, 0.6) is 0 Å². The van der Waals surface area contributed by atoms with E-state index in [1.54, 1.807) is 0 Å². The van der Waals surface area contributed by atoms with Crippen LogP contribution in [0.4, 0.5) is 0 Å². The van der Waals surface area contributed by atoms with Gasteiger partial charge >= 0.3 is 0 Å². The Labute approximate surface area is 178 Å². The smallest absolute Gasteiger partial charge is 0.288 e. The molecular formula is C22H31ClN2O4. The highest BCUT2D eigenvalue weighted by molar-refractivity contribution is 6.30. The molecule has 160 valence electrons. The first kappa shape index (κ1) is 22.1. The number of carbonyl (C=O) groups is 1. The van der Waals surface area contributed by atoms with Gasteiger partial charge in [-0.1, -0.05) is 23.7 Å². The number of benzene rings is 1. The molecular weight excluding hydrogens is 392 g/mol. The van der Waals surface area contributed by atoms with E-state index in [0.29, 0.717) is 36.9 Å². The van der Waals surface area contributed by atoms with Crippen LogP contribution in [0, 0.1) is 5.92 Å². The zero-order valence-corrected chi connectivity index (χ0v) is 18.0. The second-order valence-corrected chi connectivity index (χ2v) is 8.11. The quantitative estimate of drug-likeness (QED) is 0.732. The predicted octanol–water partition coefficient (Wildman–Crippen LogP) is 2.86. The van der Waals surface area contributed by atoms with Crippen molar-refractivity contribution >= 4 is 17.5 Å². The summed E-state index contributed by atoms with van der Waals surface area (Å²) in [5.74, 6) is 0.235. The second-order valence-electron chi connectivity index (χ2n) is 7.68. The van der Waals surface area contributed by atoms with Crippen molar-refractivity contribution in [1.29, 1.82) is 0 Å². The van der Waals surface area contributed by atoms with Crippen molar-refractivity contribution in [3.05, 3.63) is 46.7 Å². The molecule has 29 heavy (non-hydrogen) atoms. The van der Waals surface area contributed by atoms with Crippen LogP contribution in [-0.4, -0.2) is 73.5 Å². The highest BCUT2D eigenvalue weighted by atomic mass is 35.5. The van der Waals surface area contributed by atoms with Gasteiger partial charge in [0.05, 0.1) is 0 Å². The van der Waals surface area contributed by atoms with Crippen molar-refractivity contribution < 1.29 is 19.4 Å². The van der Waals surface area contributed by atoms with E-state index >= 15 is 0 Å². The predicted molar refractivity (Wildman–Crippen MR) is 113 cm³/mol. The van der Waals surface area contributed by atoms with Crippen molar-refractivity contribution in [3.8, 4) is 0 Å². The van der Waals surface area contributed by atoms with Gasteiger partial charge in [0.1, 0.15) is 0 Å². The van der Waals surface area contributed by atoms with E-state index in [1.807, 2.05) is 42.2 Å². The number of piperazine rings is 1. The molecule has 1 amide bonds. The van der Waals surface area contributed by atoms with Crippen molar-refractivity contribution in [2.75, 3.05) is 46.4 Å². The van der Waals surface area contributed by atoms with Crippen LogP contribution in [0.2, 0.25) is 5.02 Å². The molecule has 6 nitrogen and oxygen atoms in total. The number of nitrogens with zero attached hydrogens (tertiary/aromatic N) is 2. The summed E-state index contributed by atoms with van der Waals surface area (Å²) in [6.45, 7) is 5.61.